The molecule has 0 aromatic rings. The van der Waals surface area contributed by atoms with Crippen LogP contribution >= 0.6 is 0 Å². The van der Waals surface area contributed by atoms with Crippen LogP contribution < -0.4 is 0 Å². The van der Waals surface area contributed by atoms with Crippen molar-refractivity contribution in [3.05, 3.63) is 0 Å². The van der Waals surface area contributed by atoms with E-state index in [0.29, 0.717) is 35.0 Å². The molecule has 0 aromatic carbocycles. The highest BCUT2D eigenvalue weighted by molar-refractivity contribution is 5.10. The van der Waals surface area contributed by atoms with E-state index in [0.717, 1.165) is 37.0 Å². The highest BCUT2D eigenvalue weighted by Crippen LogP contribution is 2.68. The maximum Gasteiger partial charge on any atom is 0.391 e. The van der Waals surface area contributed by atoms with E-state index in [4.69, 9.17) is 0 Å². The second-order valence-electron chi connectivity index (χ2n) is 13.1. The maximum atomic E-state index is 12.6. The van der Waals surface area contributed by atoms with Crippen molar-refractivity contribution < 1.29 is 23.4 Å². The largest absolute Gasteiger partial charge is 0.393 e. The van der Waals surface area contributed by atoms with Crippen LogP contribution in [0.5, 0.6) is 0 Å². The lowest BCUT2D eigenvalue weighted by Gasteiger charge is -2.62. The van der Waals surface area contributed by atoms with Crippen LogP contribution in [-0.4, -0.2) is 28.1 Å². The first-order valence-electron chi connectivity index (χ1n) is 13.2. The zero-order chi connectivity index (χ0) is 23.5. The van der Waals surface area contributed by atoms with Gasteiger partial charge in [0.15, 0.2) is 0 Å². The van der Waals surface area contributed by atoms with Crippen molar-refractivity contribution in [2.75, 3.05) is 0 Å². The van der Waals surface area contributed by atoms with Crippen LogP contribution in [0.3, 0.4) is 0 Å². The van der Waals surface area contributed by atoms with E-state index in [1.165, 1.54) is 38.5 Å². The fourth-order valence-electron chi connectivity index (χ4n) is 9.43. The molecule has 0 amide bonds. The van der Waals surface area contributed by atoms with Crippen molar-refractivity contribution in [2.24, 2.45) is 46.3 Å². The molecule has 0 bridgehead atoms. The molecule has 0 unspecified atom stereocenters. The highest BCUT2D eigenvalue weighted by atomic mass is 19.4. The van der Waals surface area contributed by atoms with Crippen LogP contribution in [0.1, 0.15) is 105 Å². The minimum absolute atomic E-state index is 0.254. The molecule has 4 aliphatic rings. The number of alkyl halides is 3. The van der Waals surface area contributed by atoms with Gasteiger partial charge in [0.1, 0.15) is 0 Å². The third kappa shape index (κ3) is 4.51. The number of hydrogen-bond donors (Lipinski definition) is 2. The number of fused-ring (bicyclic) bond motifs is 5. The van der Waals surface area contributed by atoms with Crippen LogP contribution in [-0.2, 0) is 0 Å². The first-order chi connectivity index (χ1) is 14.8. The molecule has 0 heterocycles. The van der Waals surface area contributed by atoms with Gasteiger partial charge in [0.05, 0.1) is 18.1 Å². The minimum atomic E-state index is -4.28. The first-order valence-corrected chi connectivity index (χ1v) is 13.2. The molecule has 2 nitrogen and oxygen atoms in total. The van der Waals surface area contributed by atoms with E-state index >= 15 is 0 Å². The molecular weight excluding hydrogens is 413 g/mol. The molecule has 5 heteroatoms. The van der Waals surface area contributed by atoms with Gasteiger partial charge in [0.25, 0.3) is 0 Å². The van der Waals surface area contributed by atoms with Gasteiger partial charge in [-0.25, -0.2) is 0 Å². The number of hydrogen-bond acceptors (Lipinski definition) is 2. The van der Waals surface area contributed by atoms with E-state index in [-0.39, 0.29) is 6.42 Å². The Kier molecular flexibility index (Phi) is 6.54. The molecule has 0 aromatic heterocycles. The van der Waals surface area contributed by atoms with Crippen LogP contribution in [0.4, 0.5) is 13.2 Å². The molecule has 0 saturated heterocycles. The minimum Gasteiger partial charge on any atom is -0.393 e. The standard InChI is InChI=1S/C27H45F3O2/c1-17(5-7-19(31)16-27(28,29)30)21-9-10-22-20-8-6-18-15-24(2,32)13-14-25(18,3)23(20)11-12-26(21,22)4/h17-23,31-32H,5-16H2,1-4H3/t17-,18+,19-,20+,21-,22+,23+,24+,25+,26-/m1/s1. The van der Waals surface area contributed by atoms with Gasteiger partial charge in [-0.15, -0.1) is 0 Å². The summed E-state index contributed by atoms with van der Waals surface area (Å²) in [6, 6.07) is 0. The second-order valence-corrected chi connectivity index (χ2v) is 13.1. The monoisotopic (exact) mass is 458 g/mol. The van der Waals surface area contributed by atoms with Gasteiger partial charge in [-0.3, -0.25) is 0 Å². The van der Waals surface area contributed by atoms with Gasteiger partial charge >= 0.3 is 6.18 Å². The zero-order valence-electron chi connectivity index (χ0n) is 20.6. The summed E-state index contributed by atoms with van der Waals surface area (Å²) in [5, 5.41) is 20.5. The lowest BCUT2D eigenvalue weighted by Crippen LogP contribution is -2.55. The number of halogens is 3. The number of rotatable bonds is 5. The molecule has 10 atom stereocenters. The van der Waals surface area contributed by atoms with Crippen molar-refractivity contribution in [3.8, 4) is 0 Å². The quantitative estimate of drug-likeness (QED) is 0.460. The second kappa shape index (κ2) is 8.43. The number of aliphatic hydroxyl groups is 2. The summed E-state index contributed by atoms with van der Waals surface area (Å²) >= 11 is 0. The van der Waals surface area contributed by atoms with Crippen LogP contribution in [0, 0.1) is 46.3 Å². The van der Waals surface area contributed by atoms with E-state index in [1.807, 2.05) is 6.92 Å². The normalized spacial score (nSPS) is 48.5. The predicted octanol–water partition coefficient (Wildman–Crippen LogP) is 7.13. The topological polar surface area (TPSA) is 40.5 Å². The van der Waals surface area contributed by atoms with Crippen molar-refractivity contribution in [3.63, 3.8) is 0 Å². The van der Waals surface area contributed by atoms with E-state index in [2.05, 4.69) is 20.8 Å². The van der Waals surface area contributed by atoms with Crippen molar-refractivity contribution in [1.82, 2.24) is 0 Å². The lowest BCUT2D eigenvalue weighted by molar-refractivity contribution is -0.155. The summed E-state index contributed by atoms with van der Waals surface area (Å²) in [6.45, 7) is 9.23. The van der Waals surface area contributed by atoms with Crippen LogP contribution in [0.25, 0.3) is 0 Å². The fraction of sp³-hybridized carbons (Fsp3) is 1.00. The average molecular weight is 459 g/mol. The molecule has 0 radical (unpaired) electrons. The highest BCUT2D eigenvalue weighted by Gasteiger charge is 2.61. The maximum absolute atomic E-state index is 12.6. The van der Waals surface area contributed by atoms with Gasteiger partial charge in [-0.2, -0.15) is 13.2 Å². The van der Waals surface area contributed by atoms with E-state index in [9.17, 15) is 23.4 Å². The Balaban J connectivity index is 1.42. The molecule has 4 fully saturated rings. The summed E-state index contributed by atoms with van der Waals surface area (Å²) < 4.78 is 37.8. The van der Waals surface area contributed by atoms with Gasteiger partial charge in [-0.1, -0.05) is 20.8 Å². The van der Waals surface area contributed by atoms with Gasteiger partial charge < -0.3 is 10.2 Å². The van der Waals surface area contributed by atoms with E-state index < -0.39 is 24.3 Å². The molecule has 186 valence electrons. The molecule has 0 aliphatic heterocycles. The molecule has 32 heavy (non-hydrogen) atoms. The van der Waals surface area contributed by atoms with Gasteiger partial charge in [0, 0.05) is 0 Å². The summed E-state index contributed by atoms with van der Waals surface area (Å²) in [7, 11) is 0. The molecule has 2 N–H and O–H groups in total. The van der Waals surface area contributed by atoms with Crippen molar-refractivity contribution >= 4 is 0 Å². The Labute approximate surface area is 192 Å². The lowest BCUT2D eigenvalue weighted by atomic mass is 9.43. The number of aliphatic hydroxyl groups excluding tert-OH is 1. The molecular formula is C27H45F3O2. The average Bonchev–Trinajstić information content (AvgIpc) is 3.02. The summed E-state index contributed by atoms with van der Waals surface area (Å²) in [5.41, 5.74) is 0.154. The molecule has 4 aliphatic carbocycles. The SMILES string of the molecule is C[C@H](CC[C@@H](O)CC(F)(F)F)[C@H]1CC[C@H]2[C@@H]3CC[C@H]4C[C@@](C)(O)CC[C@]4(C)[C@H]3CC[C@]12C. The Bertz CT molecular complexity index is 676. The third-order valence-electron chi connectivity index (χ3n) is 11.1. The van der Waals surface area contributed by atoms with E-state index in [1.54, 1.807) is 0 Å². The fourth-order valence-corrected chi connectivity index (χ4v) is 9.43. The Hall–Kier alpha value is -0.290. The Morgan fingerprint density at radius 3 is 2.25 bits per heavy atom. The van der Waals surface area contributed by atoms with Gasteiger partial charge in [-0.05, 0) is 124 Å². The summed E-state index contributed by atoms with van der Waals surface area (Å²) in [5.74, 6) is 3.83. The Morgan fingerprint density at radius 1 is 0.875 bits per heavy atom. The molecule has 4 rings (SSSR count). The predicted molar refractivity (Wildman–Crippen MR) is 121 cm³/mol. The van der Waals surface area contributed by atoms with Crippen molar-refractivity contribution in [2.45, 2.75) is 123 Å². The summed E-state index contributed by atoms with van der Waals surface area (Å²) in [4.78, 5) is 0. The Morgan fingerprint density at radius 2 is 1.56 bits per heavy atom. The summed E-state index contributed by atoms with van der Waals surface area (Å²) in [6.07, 6.45) is 4.81. The van der Waals surface area contributed by atoms with Crippen molar-refractivity contribution in [1.29, 1.82) is 0 Å². The smallest absolute Gasteiger partial charge is 0.391 e. The zero-order valence-corrected chi connectivity index (χ0v) is 20.6. The van der Waals surface area contributed by atoms with Gasteiger partial charge in [0.2, 0.25) is 0 Å². The van der Waals surface area contributed by atoms with Crippen LogP contribution in [0.15, 0.2) is 0 Å². The molecule has 0 spiro atoms. The van der Waals surface area contributed by atoms with Crippen LogP contribution in [0.2, 0.25) is 0 Å². The first kappa shape index (κ1) is 24.8. The third-order valence-corrected chi connectivity index (χ3v) is 11.1. The molecule has 4 saturated carbocycles.